The maximum Gasteiger partial charge on any atom is 0.227 e. The van der Waals surface area contributed by atoms with Crippen LogP contribution < -0.4 is 10.2 Å². The Morgan fingerprint density at radius 3 is 2.75 bits per heavy atom. The Hall–Kier alpha value is -1.49. The molecule has 2 aliphatic rings. The topological polar surface area (TPSA) is 32.3 Å². The van der Waals surface area contributed by atoms with E-state index in [0.717, 1.165) is 68.2 Å². The van der Waals surface area contributed by atoms with Gasteiger partial charge in [0.2, 0.25) is 5.91 Å². The molecule has 1 amide bonds. The molecule has 4 rings (SSSR count). The lowest BCUT2D eigenvalue weighted by Gasteiger charge is -2.29. The van der Waals surface area contributed by atoms with Crippen molar-refractivity contribution in [2.24, 2.45) is 0 Å². The summed E-state index contributed by atoms with van der Waals surface area (Å²) in [6, 6.07) is 12.5. The van der Waals surface area contributed by atoms with Crippen LogP contribution >= 0.6 is 23.4 Å². The number of carbonyl (C=O) groups is 1. The van der Waals surface area contributed by atoms with E-state index in [-0.39, 0.29) is 5.91 Å². The fraction of sp³-hybridized carbons (Fsp3) is 0.435. The second-order valence-electron chi connectivity index (χ2n) is 7.49. The first-order valence-corrected chi connectivity index (χ1v) is 11.6. The first-order valence-electron chi connectivity index (χ1n) is 10.3. The van der Waals surface area contributed by atoms with Crippen molar-refractivity contribution in [1.29, 1.82) is 0 Å². The van der Waals surface area contributed by atoms with Crippen molar-refractivity contribution in [1.82, 2.24) is 5.32 Å². The van der Waals surface area contributed by atoms with E-state index in [1.54, 1.807) is 0 Å². The molecule has 0 saturated carbocycles. The van der Waals surface area contributed by atoms with Crippen molar-refractivity contribution >= 4 is 35.0 Å². The summed E-state index contributed by atoms with van der Waals surface area (Å²) in [6.45, 7) is 2.88. The number of aryl methyl sites for hydroxylation is 1. The summed E-state index contributed by atoms with van der Waals surface area (Å²) < 4.78 is 0. The number of halogens is 1. The molecule has 5 heteroatoms. The smallest absolute Gasteiger partial charge is 0.227 e. The quantitative estimate of drug-likeness (QED) is 0.540. The summed E-state index contributed by atoms with van der Waals surface area (Å²) in [5, 5.41) is 4.36. The van der Waals surface area contributed by atoms with Gasteiger partial charge in [-0.2, -0.15) is 0 Å². The number of hydrogen-bond donors (Lipinski definition) is 1. The summed E-state index contributed by atoms with van der Waals surface area (Å²) in [6.07, 6.45) is 5.73. The SMILES string of the molecule is O=C1CCc2ccccc2N1CCCCSc1c(Cl)ccc2c1CCNCC2. The number of nitrogens with zero attached hydrogens (tertiary/aromatic N) is 1. The molecule has 0 unspecified atom stereocenters. The number of anilines is 1. The summed E-state index contributed by atoms with van der Waals surface area (Å²) in [5.74, 6) is 1.29. The fourth-order valence-electron chi connectivity index (χ4n) is 4.15. The molecule has 148 valence electrons. The van der Waals surface area contributed by atoms with E-state index in [4.69, 9.17) is 11.6 Å². The van der Waals surface area contributed by atoms with E-state index < -0.39 is 0 Å². The molecule has 0 aliphatic carbocycles. The number of unbranched alkanes of at least 4 members (excludes halogenated alkanes) is 1. The van der Waals surface area contributed by atoms with Gasteiger partial charge in [-0.1, -0.05) is 35.9 Å². The van der Waals surface area contributed by atoms with Crippen molar-refractivity contribution in [3.63, 3.8) is 0 Å². The monoisotopic (exact) mass is 414 g/mol. The fourth-order valence-corrected chi connectivity index (χ4v) is 5.66. The normalized spacial score (nSPS) is 16.5. The van der Waals surface area contributed by atoms with Gasteiger partial charge in [-0.15, -0.1) is 11.8 Å². The van der Waals surface area contributed by atoms with Gasteiger partial charge in [0.05, 0.1) is 5.02 Å². The van der Waals surface area contributed by atoms with Gasteiger partial charge in [0.1, 0.15) is 0 Å². The van der Waals surface area contributed by atoms with Crippen molar-refractivity contribution in [3.05, 3.63) is 58.1 Å². The minimum absolute atomic E-state index is 0.260. The van der Waals surface area contributed by atoms with Gasteiger partial charge in [-0.3, -0.25) is 4.79 Å². The van der Waals surface area contributed by atoms with E-state index >= 15 is 0 Å². The zero-order chi connectivity index (χ0) is 19.3. The Balaban J connectivity index is 1.33. The predicted octanol–water partition coefficient (Wildman–Crippen LogP) is 4.88. The second-order valence-corrected chi connectivity index (χ2v) is 9.01. The number of carbonyl (C=O) groups excluding carboxylic acids is 1. The highest BCUT2D eigenvalue weighted by molar-refractivity contribution is 7.99. The van der Waals surface area contributed by atoms with Gasteiger partial charge in [0.15, 0.2) is 0 Å². The van der Waals surface area contributed by atoms with E-state index in [9.17, 15) is 4.79 Å². The van der Waals surface area contributed by atoms with Gasteiger partial charge in [0, 0.05) is 23.5 Å². The van der Waals surface area contributed by atoms with Crippen molar-refractivity contribution < 1.29 is 4.79 Å². The third-order valence-corrected chi connectivity index (χ3v) is 7.32. The Kier molecular flexibility index (Phi) is 6.61. The van der Waals surface area contributed by atoms with Crippen LogP contribution in [0.3, 0.4) is 0 Å². The second kappa shape index (κ2) is 9.34. The molecule has 0 saturated heterocycles. The molecule has 2 aromatic rings. The van der Waals surface area contributed by atoms with Crippen LogP contribution in [0.2, 0.25) is 5.02 Å². The molecule has 2 aliphatic heterocycles. The molecule has 0 spiro atoms. The first-order chi connectivity index (χ1) is 13.7. The van der Waals surface area contributed by atoms with E-state index in [1.807, 2.05) is 22.7 Å². The first kappa shape index (κ1) is 19.8. The summed E-state index contributed by atoms with van der Waals surface area (Å²) in [4.78, 5) is 15.6. The highest BCUT2D eigenvalue weighted by Crippen LogP contribution is 2.35. The van der Waals surface area contributed by atoms with E-state index in [1.165, 1.54) is 21.6 Å². The van der Waals surface area contributed by atoms with Gasteiger partial charge in [-0.25, -0.2) is 0 Å². The van der Waals surface area contributed by atoms with Crippen molar-refractivity contribution in [2.45, 2.75) is 43.4 Å². The molecule has 0 radical (unpaired) electrons. The molecule has 3 nitrogen and oxygen atoms in total. The van der Waals surface area contributed by atoms with Gasteiger partial charge >= 0.3 is 0 Å². The van der Waals surface area contributed by atoms with Crippen LogP contribution in [-0.2, 0) is 24.1 Å². The number of thioether (sulfide) groups is 1. The highest BCUT2D eigenvalue weighted by Gasteiger charge is 2.23. The van der Waals surface area contributed by atoms with Crippen LogP contribution in [0.1, 0.15) is 36.0 Å². The third-order valence-electron chi connectivity index (χ3n) is 5.65. The number of benzene rings is 2. The van der Waals surface area contributed by atoms with E-state index in [0.29, 0.717) is 6.42 Å². The van der Waals surface area contributed by atoms with E-state index in [2.05, 4.69) is 35.6 Å². The molecule has 0 atom stereocenters. The minimum atomic E-state index is 0.260. The van der Waals surface area contributed by atoms with Crippen LogP contribution in [0.15, 0.2) is 41.3 Å². The van der Waals surface area contributed by atoms with Crippen LogP contribution in [-0.4, -0.2) is 31.3 Å². The lowest BCUT2D eigenvalue weighted by atomic mass is 10.0. The Morgan fingerprint density at radius 1 is 0.964 bits per heavy atom. The number of amides is 1. The molecular weight excluding hydrogens is 388 g/mol. The summed E-state index contributed by atoms with van der Waals surface area (Å²) in [7, 11) is 0. The lowest BCUT2D eigenvalue weighted by molar-refractivity contribution is -0.118. The standard InChI is InChI=1S/C23H27ClN2OS/c24-20-9-7-17-11-13-25-14-12-19(17)23(20)28-16-4-3-15-26-21-6-2-1-5-18(21)8-10-22(26)27/h1-2,5-7,9,25H,3-4,8,10-16H2. The maximum atomic E-state index is 12.4. The Morgan fingerprint density at radius 2 is 1.82 bits per heavy atom. The van der Waals surface area contributed by atoms with Gasteiger partial charge < -0.3 is 10.2 Å². The number of nitrogens with one attached hydrogen (secondary N) is 1. The average molecular weight is 415 g/mol. The predicted molar refractivity (Wildman–Crippen MR) is 119 cm³/mol. The zero-order valence-corrected chi connectivity index (χ0v) is 17.7. The minimum Gasteiger partial charge on any atom is -0.316 e. The third kappa shape index (κ3) is 4.40. The van der Waals surface area contributed by atoms with Gasteiger partial charge in [-0.05, 0) is 79.8 Å². The Labute approximate surface area is 176 Å². The summed E-state index contributed by atoms with van der Waals surface area (Å²) in [5.41, 5.74) is 5.27. The molecule has 0 fully saturated rings. The molecule has 0 bridgehead atoms. The molecule has 2 aromatic carbocycles. The number of rotatable bonds is 6. The lowest BCUT2D eigenvalue weighted by Crippen LogP contribution is -2.35. The van der Waals surface area contributed by atoms with Crippen LogP contribution in [0, 0.1) is 0 Å². The molecule has 1 N–H and O–H groups in total. The molecule has 0 aromatic heterocycles. The summed E-state index contributed by atoms with van der Waals surface area (Å²) >= 11 is 8.41. The average Bonchev–Trinajstić information content (AvgIpc) is 2.96. The zero-order valence-electron chi connectivity index (χ0n) is 16.2. The van der Waals surface area contributed by atoms with Crippen molar-refractivity contribution in [2.75, 3.05) is 30.3 Å². The highest BCUT2D eigenvalue weighted by atomic mass is 35.5. The number of hydrogen-bond acceptors (Lipinski definition) is 3. The molecule has 28 heavy (non-hydrogen) atoms. The van der Waals surface area contributed by atoms with Crippen LogP contribution in [0.5, 0.6) is 0 Å². The molecule has 2 heterocycles. The number of fused-ring (bicyclic) bond motifs is 2. The van der Waals surface area contributed by atoms with Crippen LogP contribution in [0.4, 0.5) is 5.69 Å². The van der Waals surface area contributed by atoms with Crippen LogP contribution in [0.25, 0.3) is 0 Å². The number of para-hydroxylation sites is 1. The maximum absolute atomic E-state index is 12.4. The Bertz CT molecular complexity index is 854. The van der Waals surface area contributed by atoms with Gasteiger partial charge in [0.25, 0.3) is 0 Å². The van der Waals surface area contributed by atoms with Crippen molar-refractivity contribution in [3.8, 4) is 0 Å². The largest absolute Gasteiger partial charge is 0.316 e. The molecular formula is C23H27ClN2OS.